The van der Waals surface area contributed by atoms with Crippen molar-refractivity contribution in [1.82, 2.24) is 0 Å². The third-order valence-corrected chi connectivity index (χ3v) is 5.46. The van der Waals surface area contributed by atoms with Crippen molar-refractivity contribution in [2.45, 2.75) is 26.1 Å². The van der Waals surface area contributed by atoms with Gasteiger partial charge in [0.25, 0.3) is 0 Å². The highest BCUT2D eigenvalue weighted by atomic mass is 28.4. The number of benzene rings is 1. The summed E-state index contributed by atoms with van der Waals surface area (Å²) in [6.07, 6.45) is -5.15. The first-order valence-electron chi connectivity index (χ1n) is 5.77. The molecule has 6 heteroatoms. The van der Waals surface area contributed by atoms with Gasteiger partial charge in [0.15, 0.2) is 0 Å². The van der Waals surface area contributed by atoms with Crippen LogP contribution in [0.2, 0.25) is 6.55 Å². The Kier molecular flexibility index (Phi) is 5.37. The zero-order valence-electron chi connectivity index (χ0n) is 10.5. The van der Waals surface area contributed by atoms with E-state index in [2.05, 4.69) is 0 Å². The van der Waals surface area contributed by atoms with Crippen molar-refractivity contribution < 1.29 is 22.0 Å². The number of alkyl halides is 3. The molecule has 2 nitrogen and oxygen atoms in total. The molecule has 18 heavy (non-hydrogen) atoms. The molecule has 0 aliphatic rings. The second kappa shape index (κ2) is 6.35. The van der Waals surface area contributed by atoms with Gasteiger partial charge in [-0.2, -0.15) is 13.2 Å². The first kappa shape index (κ1) is 15.2. The second-order valence-electron chi connectivity index (χ2n) is 3.96. The maximum absolute atomic E-state index is 12.1. The summed E-state index contributed by atoms with van der Waals surface area (Å²) in [5, 5.41) is 0.842. The molecule has 0 aliphatic carbocycles. The lowest BCUT2D eigenvalue weighted by molar-refractivity contribution is -0.140. The largest absolute Gasteiger partial charge is 0.391 e. The van der Waals surface area contributed by atoms with Crippen LogP contribution in [0.4, 0.5) is 13.2 Å². The molecule has 0 spiro atoms. The third-order valence-electron chi connectivity index (χ3n) is 2.48. The van der Waals surface area contributed by atoms with E-state index >= 15 is 0 Å². The summed E-state index contributed by atoms with van der Waals surface area (Å²) in [4.78, 5) is 0. The first-order valence-corrected chi connectivity index (χ1v) is 8.09. The van der Waals surface area contributed by atoms with Gasteiger partial charge in [0.2, 0.25) is 0 Å². The smallest absolute Gasteiger partial charge is 0.391 e. The van der Waals surface area contributed by atoms with Crippen LogP contribution in [0.25, 0.3) is 0 Å². The van der Waals surface area contributed by atoms with Crippen LogP contribution in [0.5, 0.6) is 0 Å². The van der Waals surface area contributed by atoms with Crippen molar-refractivity contribution in [2.24, 2.45) is 0 Å². The van der Waals surface area contributed by atoms with Crippen LogP contribution in [0, 0.1) is 0 Å². The quantitative estimate of drug-likeness (QED) is 0.745. The molecule has 1 unspecified atom stereocenters. The molecule has 0 aromatic heterocycles. The summed E-state index contributed by atoms with van der Waals surface area (Å²) < 4.78 is 47.3. The van der Waals surface area contributed by atoms with E-state index in [1.165, 1.54) is 0 Å². The average Bonchev–Trinajstić information content (AvgIpc) is 2.29. The second-order valence-corrected chi connectivity index (χ2v) is 7.00. The SMILES string of the molecule is CCO[Si](C)(OCCC(F)(F)F)c1ccccc1. The molecule has 0 saturated carbocycles. The maximum atomic E-state index is 12.1. The zero-order chi connectivity index (χ0) is 13.6. The van der Waals surface area contributed by atoms with Gasteiger partial charge in [-0.3, -0.25) is 0 Å². The molecule has 1 aromatic rings. The highest BCUT2D eigenvalue weighted by Crippen LogP contribution is 2.20. The van der Waals surface area contributed by atoms with E-state index in [0.29, 0.717) is 6.61 Å². The molecule has 0 fully saturated rings. The van der Waals surface area contributed by atoms with E-state index in [-0.39, 0.29) is 6.61 Å². The lowest BCUT2D eigenvalue weighted by Crippen LogP contribution is -2.51. The lowest BCUT2D eigenvalue weighted by Gasteiger charge is -2.27. The fraction of sp³-hybridized carbons (Fsp3) is 0.500. The highest BCUT2D eigenvalue weighted by Gasteiger charge is 2.36. The fourth-order valence-corrected chi connectivity index (χ4v) is 3.84. The van der Waals surface area contributed by atoms with Crippen molar-refractivity contribution in [3.05, 3.63) is 30.3 Å². The topological polar surface area (TPSA) is 18.5 Å². The van der Waals surface area contributed by atoms with E-state index < -0.39 is 21.2 Å². The Labute approximate surface area is 106 Å². The maximum Gasteiger partial charge on any atom is 0.391 e. The summed E-state index contributed by atoms with van der Waals surface area (Å²) in [5.74, 6) is 0. The van der Waals surface area contributed by atoms with E-state index in [1.54, 1.807) is 13.5 Å². The molecule has 0 bridgehead atoms. The zero-order valence-corrected chi connectivity index (χ0v) is 11.5. The first-order chi connectivity index (χ1) is 8.37. The fourth-order valence-electron chi connectivity index (χ4n) is 1.59. The molecular weight excluding hydrogens is 261 g/mol. The summed E-state index contributed by atoms with van der Waals surface area (Å²) >= 11 is 0. The van der Waals surface area contributed by atoms with E-state index in [9.17, 15) is 13.2 Å². The Bertz CT molecular complexity index is 356. The molecule has 0 saturated heterocycles. The molecule has 1 rings (SSSR count). The van der Waals surface area contributed by atoms with Gasteiger partial charge in [-0.1, -0.05) is 30.3 Å². The van der Waals surface area contributed by atoms with Gasteiger partial charge < -0.3 is 8.85 Å². The summed E-state index contributed by atoms with van der Waals surface area (Å²) in [6, 6.07) is 9.16. The molecule has 1 aromatic carbocycles. The van der Waals surface area contributed by atoms with Gasteiger partial charge >= 0.3 is 14.7 Å². The van der Waals surface area contributed by atoms with Crippen molar-refractivity contribution in [3.63, 3.8) is 0 Å². The van der Waals surface area contributed by atoms with Crippen LogP contribution in [-0.4, -0.2) is 28.0 Å². The molecule has 0 amide bonds. The van der Waals surface area contributed by atoms with Gasteiger partial charge in [0, 0.05) is 13.2 Å². The van der Waals surface area contributed by atoms with Crippen molar-refractivity contribution >= 4 is 13.7 Å². The Morgan fingerprint density at radius 3 is 2.22 bits per heavy atom. The van der Waals surface area contributed by atoms with E-state index in [4.69, 9.17) is 8.85 Å². The Hall–Kier alpha value is -0.853. The number of halogens is 3. The Balaban J connectivity index is 2.69. The molecule has 1 atom stereocenters. The average molecular weight is 278 g/mol. The molecular formula is C12H17F3O2Si. The van der Waals surface area contributed by atoms with Crippen LogP contribution < -0.4 is 5.19 Å². The number of hydrogen-bond acceptors (Lipinski definition) is 2. The molecule has 0 aliphatic heterocycles. The predicted molar refractivity (Wildman–Crippen MR) is 65.9 cm³/mol. The molecule has 0 heterocycles. The van der Waals surface area contributed by atoms with Crippen LogP contribution in [0.3, 0.4) is 0 Å². The van der Waals surface area contributed by atoms with Crippen molar-refractivity contribution in [2.75, 3.05) is 13.2 Å². The Morgan fingerprint density at radius 1 is 1.11 bits per heavy atom. The van der Waals surface area contributed by atoms with E-state index in [1.807, 2.05) is 30.3 Å². The molecule has 102 valence electrons. The Morgan fingerprint density at radius 2 is 1.72 bits per heavy atom. The van der Waals surface area contributed by atoms with Gasteiger partial charge in [-0.25, -0.2) is 0 Å². The van der Waals surface area contributed by atoms with Crippen LogP contribution in [0.1, 0.15) is 13.3 Å². The minimum Gasteiger partial charge on any atom is -0.391 e. The van der Waals surface area contributed by atoms with Gasteiger partial charge in [-0.15, -0.1) is 0 Å². The molecule has 0 N–H and O–H groups in total. The third kappa shape index (κ3) is 4.79. The van der Waals surface area contributed by atoms with Crippen molar-refractivity contribution in [1.29, 1.82) is 0 Å². The number of hydrogen-bond donors (Lipinski definition) is 0. The summed E-state index contributed by atoms with van der Waals surface area (Å²) in [7, 11) is -2.73. The summed E-state index contributed by atoms with van der Waals surface area (Å²) in [5.41, 5.74) is 0. The van der Waals surface area contributed by atoms with Gasteiger partial charge in [0.1, 0.15) is 0 Å². The van der Waals surface area contributed by atoms with E-state index in [0.717, 1.165) is 5.19 Å². The van der Waals surface area contributed by atoms with Gasteiger partial charge in [0.05, 0.1) is 6.42 Å². The van der Waals surface area contributed by atoms with Crippen LogP contribution in [0.15, 0.2) is 30.3 Å². The lowest BCUT2D eigenvalue weighted by atomic mass is 10.4. The highest BCUT2D eigenvalue weighted by molar-refractivity contribution is 6.79. The molecule has 0 radical (unpaired) electrons. The minimum atomic E-state index is -4.20. The summed E-state index contributed by atoms with van der Waals surface area (Å²) in [6.45, 7) is 3.63. The van der Waals surface area contributed by atoms with Crippen LogP contribution in [-0.2, 0) is 8.85 Å². The predicted octanol–water partition coefficient (Wildman–Crippen LogP) is 2.97. The van der Waals surface area contributed by atoms with Crippen molar-refractivity contribution in [3.8, 4) is 0 Å². The normalized spacial score (nSPS) is 15.4. The minimum absolute atomic E-state index is 0.360. The monoisotopic (exact) mass is 278 g/mol. The number of rotatable bonds is 6. The standard InChI is InChI=1S/C12H17F3O2Si/c1-3-16-18(2,11-7-5-4-6-8-11)17-10-9-12(13,14)15/h4-8H,3,9-10H2,1-2H3. The van der Waals surface area contributed by atoms with Gasteiger partial charge in [-0.05, 0) is 18.7 Å². The van der Waals surface area contributed by atoms with Crippen LogP contribution >= 0.6 is 0 Å².